The van der Waals surface area contributed by atoms with E-state index in [2.05, 4.69) is 27.7 Å². The van der Waals surface area contributed by atoms with E-state index in [9.17, 15) is 0 Å². The van der Waals surface area contributed by atoms with Crippen molar-refractivity contribution in [1.29, 1.82) is 0 Å². The van der Waals surface area contributed by atoms with Crippen LogP contribution in [0, 0.1) is 5.41 Å². The molecule has 0 aromatic carbocycles. The molecule has 0 aliphatic carbocycles. The third-order valence-corrected chi connectivity index (χ3v) is 2.51. The Morgan fingerprint density at radius 2 is 1.69 bits per heavy atom. The molecule has 1 atom stereocenters. The third kappa shape index (κ3) is 6.05. The Hall–Kier alpha value is -0.0800. The lowest BCUT2D eigenvalue weighted by Crippen LogP contribution is -2.44. The highest BCUT2D eigenvalue weighted by molar-refractivity contribution is 4.84. The summed E-state index contributed by atoms with van der Waals surface area (Å²) in [7, 11) is 1.72. The van der Waals surface area contributed by atoms with E-state index >= 15 is 0 Å². The van der Waals surface area contributed by atoms with Crippen LogP contribution in [-0.2, 0) is 4.74 Å². The van der Waals surface area contributed by atoms with Gasteiger partial charge in [0.2, 0.25) is 0 Å². The third-order valence-electron chi connectivity index (χ3n) is 2.51. The first-order chi connectivity index (χ1) is 5.83. The molecule has 0 rings (SSSR count). The molecule has 0 bridgehead atoms. The molecular weight excluding hydrogens is 162 g/mol. The van der Waals surface area contributed by atoms with Gasteiger partial charge in [-0.2, -0.15) is 0 Å². The van der Waals surface area contributed by atoms with E-state index in [0.29, 0.717) is 12.0 Å². The van der Waals surface area contributed by atoms with Gasteiger partial charge in [-0.1, -0.05) is 27.7 Å². The second-order valence-corrected chi connectivity index (χ2v) is 5.21. The summed E-state index contributed by atoms with van der Waals surface area (Å²) in [6.07, 6.45) is 3.18. The molecule has 13 heavy (non-hydrogen) atoms. The number of hydrogen-bond donors (Lipinski definition) is 1. The van der Waals surface area contributed by atoms with E-state index in [1.54, 1.807) is 7.11 Å². The van der Waals surface area contributed by atoms with Crippen molar-refractivity contribution in [3.63, 3.8) is 0 Å². The van der Waals surface area contributed by atoms with E-state index in [4.69, 9.17) is 10.5 Å². The van der Waals surface area contributed by atoms with E-state index in [-0.39, 0.29) is 5.54 Å². The van der Waals surface area contributed by atoms with Crippen LogP contribution in [0.25, 0.3) is 0 Å². The smallest absolute Gasteiger partial charge is 0.0642 e. The average Bonchev–Trinajstić information content (AvgIpc) is 2.01. The predicted molar refractivity (Wildman–Crippen MR) is 57.8 cm³/mol. The SMILES string of the molecule is CCC(N)(CCC(C)(C)C)COC. The van der Waals surface area contributed by atoms with Gasteiger partial charge in [-0.25, -0.2) is 0 Å². The van der Waals surface area contributed by atoms with Crippen LogP contribution in [0.3, 0.4) is 0 Å². The molecule has 1 unspecified atom stereocenters. The topological polar surface area (TPSA) is 35.2 Å². The maximum absolute atomic E-state index is 6.19. The Bertz CT molecular complexity index is 140. The molecule has 0 radical (unpaired) electrons. The Labute approximate surface area is 82.8 Å². The van der Waals surface area contributed by atoms with E-state index < -0.39 is 0 Å². The first-order valence-electron chi connectivity index (χ1n) is 5.11. The van der Waals surface area contributed by atoms with E-state index in [1.165, 1.54) is 0 Å². The molecule has 0 aliphatic rings. The van der Waals surface area contributed by atoms with Crippen molar-refractivity contribution in [1.82, 2.24) is 0 Å². The van der Waals surface area contributed by atoms with Gasteiger partial charge in [0.1, 0.15) is 0 Å². The highest BCUT2D eigenvalue weighted by atomic mass is 16.5. The molecule has 0 aromatic heterocycles. The normalized spacial score (nSPS) is 17.1. The fraction of sp³-hybridized carbons (Fsp3) is 1.00. The largest absolute Gasteiger partial charge is 0.383 e. The number of ether oxygens (including phenoxy) is 1. The summed E-state index contributed by atoms with van der Waals surface area (Å²) in [6, 6.07) is 0. The standard InChI is InChI=1S/C11H25NO/c1-6-11(12,9-13-5)8-7-10(2,3)4/h6-9,12H2,1-5H3. The first-order valence-corrected chi connectivity index (χ1v) is 5.11. The minimum Gasteiger partial charge on any atom is -0.383 e. The van der Waals surface area contributed by atoms with Gasteiger partial charge in [-0.15, -0.1) is 0 Å². The summed E-state index contributed by atoms with van der Waals surface area (Å²) in [5.74, 6) is 0. The highest BCUT2D eigenvalue weighted by Gasteiger charge is 2.24. The average molecular weight is 187 g/mol. The van der Waals surface area contributed by atoms with Crippen molar-refractivity contribution in [2.24, 2.45) is 11.1 Å². The van der Waals surface area contributed by atoms with Gasteiger partial charge in [-0.3, -0.25) is 0 Å². The molecule has 0 aromatic rings. The molecule has 0 amide bonds. The number of rotatable bonds is 5. The van der Waals surface area contributed by atoms with E-state index in [1.807, 2.05) is 0 Å². The number of hydrogen-bond acceptors (Lipinski definition) is 2. The Morgan fingerprint density at radius 1 is 1.15 bits per heavy atom. The Morgan fingerprint density at radius 3 is 2.00 bits per heavy atom. The fourth-order valence-electron chi connectivity index (χ4n) is 1.26. The second-order valence-electron chi connectivity index (χ2n) is 5.21. The number of nitrogens with two attached hydrogens (primary N) is 1. The lowest BCUT2D eigenvalue weighted by Gasteiger charge is -2.30. The molecule has 0 heterocycles. The van der Waals surface area contributed by atoms with Gasteiger partial charge in [0.05, 0.1) is 6.61 Å². The molecule has 0 saturated heterocycles. The second kappa shape index (κ2) is 4.97. The van der Waals surface area contributed by atoms with Gasteiger partial charge < -0.3 is 10.5 Å². The molecule has 0 spiro atoms. The van der Waals surface area contributed by atoms with Crippen molar-refractivity contribution < 1.29 is 4.74 Å². The molecule has 0 aliphatic heterocycles. The van der Waals surface area contributed by atoms with Gasteiger partial charge in [0.15, 0.2) is 0 Å². The van der Waals surface area contributed by atoms with Crippen LogP contribution in [0.2, 0.25) is 0 Å². The molecule has 0 saturated carbocycles. The number of methoxy groups -OCH3 is 1. The minimum atomic E-state index is -0.123. The fourth-order valence-corrected chi connectivity index (χ4v) is 1.26. The summed E-state index contributed by atoms with van der Waals surface area (Å²) in [5.41, 5.74) is 6.44. The minimum absolute atomic E-state index is 0.123. The van der Waals surface area contributed by atoms with Crippen molar-refractivity contribution in [2.75, 3.05) is 13.7 Å². The van der Waals surface area contributed by atoms with Crippen LogP contribution in [0.1, 0.15) is 47.0 Å². The zero-order valence-electron chi connectivity index (χ0n) is 9.81. The van der Waals surface area contributed by atoms with Crippen molar-refractivity contribution in [3.05, 3.63) is 0 Å². The maximum atomic E-state index is 6.19. The van der Waals surface area contributed by atoms with Crippen molar-refractivity contribution >= 4 is 0 Å². The maximum Gasteiger partial charge on any atom is 0.0642 e. The van der Waals surface area contributed by atoms with Crippen LogP contribution in [-0.4, -0.2) is 19.3 Å². The van der Waals surface area contributed by atoms with Crippen molar-refractivity contribution in [2.45, 2.75) is 52.5 Å². The highest BCUT2D eigenvalue weighted by Crippen LogP contribution is 2.26. The zero-order chi connectivity index (χ0) is 10.5. The molecule has 80 valence electrons. The quantitative estimate of drug-likeness (QED) is 0.718. The monoisotopic (exact) mass is 187 g/mol. The van der Waals surface area contributed by atoms with Crippen molar-refractivity contribution in [3.8, 4) is 0 Å². The molecule has 2 N–H and O–H groups in total. The Kier molecular flexibility index (Phi) is 4.93. The molecular formula is C11H25NO. The lowest BCUT2D eigenvalue weighted by molar-refractivity contribution is 0.115. The summed E-state index contributed by atoms with van der Waals surface area (Å²) in [4.78, 5) is 0. The van der Waals surface area contributed by atoms with E-state index in [0.717, 1.165) is 19.3 Å². The molecule has 0 fully saturated rings. The molecule has 2 heteroatoms. The predicted octanol–water partition coefficient (Wildman–Crippen LogP) is 2.57. The van der Waals surface area contributed by atoms with Crippen LogP contribution < -0.4 is 5.73 Å². The molecule has 2 nitrogen and oxygen atoms in total. The summed E-state index contributed by atoms with van der Waals surface area (Å²) in [6.45, 7) is 9.53. The summed E-state index contributed by atoms with van der Waals surface area (Å²) >= 11 is 0. The summed E-state index contributed by atoms with van der Waals surface area (Å²) in [5, 5.41) is 0. The van der Waals surface area contributed by atoms with Crippen LogP contribution in [0.5, 0.6) is 0 Å². The van der Waals surface area contributed by atoms with Crippen LogP contribution in [0.4, 0.5) is 0 Å². The lowest BCUT2D eigenvalue weighted by atomic mass is 9.83. The zero-order valence-corrected chi connectivity index (χ0v) is 9.81. The first kappa shape index (κ1) is 12.9. The van der Waals surface area contributed by atoms with Gasteiger partial charge in [0, 0.05) is 12.6 Å². The Balaban J connectivity index is 3.97. The summed E-state index contributed by atoms with van der Waals surface area (Å²) < 4.78 is 5.14. The van der Waals surface area contributed by atoms with Crippen LogP contribution >= 0.6 is 0 Å². The van der Waals surface area contributed by atoms with Gasteiger partial charge >= 0.3 is 0 Å². The van der Waals surface area contributed by atoms with Gasteiger partial charge in [0.25, 0.3) is 0 Å². The van der Waals surface area contributed by atoms with Gasteiger partial charge in [-0.05, 0) is 24.7 Å². The van der Waals surface area contributed by atoms with Crippen LogP contribution in [0.15, 0.2) is 0 Å².